The van der Waals surface area contributed by atoms with Crippen molar-refractivity contribution in [2.24, 2.45) is 0 Å². The van der Waals surface area contributed by atoms with E-state index in [-0.39, 0.29) is 11.7 Å². The predicted molar refractivity (Wildman–Crippen MR) is 66.5 cm³/mol. The number of carboxylic acid groups (broad SMARTS) is 1. The highest BCUT2D eigenvalue weighted by Gasteiger charge is 2.13. The van der Waals surface area contributed by atoms with Crippen molar-refractivity contribution in [3.63, 3.8) is 0 Å². The number of hydrogen-bond acceptors (Lipinski definition) is 2. The second kappa shape index (κ2) is 5.34. The van der Waals surface area contributed by atoms with Crippen molar-refractivity contribution in [2.45, 2.75) is 26.4 Å². The van der Waals surface area contributed by atoms with Crippen LogP contribution in [0.25, 0.3) is 0 Å². The fourth-order valence-corrected chi connectivity index (χ4v) is 1.56. The van der Waals surface area contributed by atoms with Crippen LogP contribution in [-0.2, 0) is 0 Å². The average Bonchev–Trinajstić information content (AvgIpc) is 2.20. The molecule has 0 fully saturated rings. The summed E-state index contributed by atoms with van der Waals surface area (Å²) in [4.78, 5) is 11.0. The summed E-state index contributed by atoms with van der Waals surface area (Å²) in [6.45, 7) is 3.92. The van der Waals surface area contributed by atoms with Gasteiger partial charge in [-0.1, -0.05) is 6.92 Å². The zero-order valence-electron chi connectivity index (χ0n) is 8.66. The lowest BCUT2D eigenvalue weighted by Crippen LogP contribution is -2.12. The molecule has 0 spiro atoms. The van der Waals surface area contributed by atoms with E-state index in [1.54, 1.807) is 12.1 Å². The molecule has 3 nitrogen and oxygen atoms in total. The van der Waals surface area contributed by atoms with Crippen molar-refractivity contribution in [2.75, 3.05) is 0 Å². The van der Waals surface area contributed by atoms with E-state index in [9.17, 15) is 4.79 Å². The van der Waals surface area contributed by atoms with Crippen molar-refractivity contribution in [1.82, 2.24) is 0 Å². The first-order valence-corrected chi connectivity index (χ1v) is 5.82. The van der Waals surface area contributed by atoms with E-state index in [0.29, 0.717) is 5.75 Å². The van der Waals surface area contributed by atoms with Crippen LogP contribution < -0.4 is 4.74 Å². The van der Waals surface area contributed by atoms with Crippen LogP contribution in [0.2, 0.25) is 0 Å². The van der Waals surface area contributed by atoms with E-state index in [1.807, 2.05) is 19.9 Å². The minimum atomic E-state index is -0.952. The molecule has 1 atom stereocenters. The molecular formula is C11H13IO3. The van der Waals surface area contributed by atoms with Gasteiger partial charge in [-0.25, -0.2) is 4.79 Å². The van der Waals surface area contributed by atoms with Crippen LogP contribution in [0, 0.1) is 3.57 Å². The number of benzene rings is 1. The Morgan fingerprint density at radius 2 is 2.27 bits per heavy atom. The van der Waals surface area contributed by atoms with Gasteiger partial charge in [0.25, 0.3) is 0 Å². The molecule has 1 rings (SSSR count). The maximum absolute atomic E-state index is 11.0. The second-order valence-corrected chi connectivity index (χ2v) is 4.53. The first-order valence-electron chi connectivity index (χ1n) is 4.74. The molecular weight excluding hydrogens is 307 g/mol. The molecule has 0 saturated heterocycles. The molecule has 0 aromatic heterocycles. The summed E-state index contributed by atoms with van der Waals surface area (Å²) in [5, 5.41) is 8.99. The largest absolute Gasteiger partial charge is 0.490 e. The zero-order chi connectivity index (χ0) is 11.4. The van der Waals surface area contributed by atoms with E-state index in [0.717, 1.165) is 9.99 Å². The van der Waals surface area contributed by atoms with Gasteiger partial charge in [-0.3, -0.25) is 0 Å². The Hall–Kier alpha value is -0.780. The summed E-state index contributed by atoms with van der Waals surface area (Å²) < 4.78 is 6.42. The molecule has 0 radical (unpaired) electrons. The Labute approximate surface area is 103 Å². The number of carbonyl (C=O) groups is 1. The van der Waals surface area contributed by atoms with Gasteiger partial charge in [-0.05, 0) is 54.1 Å². The lowest BCUT2D eigenvalue weighted by molar-refractivity contribution is 0.0689. The topological polar surface area (TPSA) is 46.5 Å². The minimum absolute atomic E-state index is 0.0307. The fourth-order valence-electron chi connectivity index (χ4n) is 1.07. The van der Waals surface area contributed by atoms with Crippen LogP contribution in [-0.4, -0.2) is 17.2 Å². The summed E-state index contributed by atoms with van der Waals surface area (Å²) in [5.41, 5.74) is 0.224. The molecule has 0 aliphatic carbocycles. The number of aromatic carboxylic acids is 1. The monoisotopic (exact) mass is 320 g/mol. The molecule has 1 N–H and O–H groups in total. The molecule has 4 heteroatoms. The third-order valence-corrected chi connectivity index (χ3v) is 2.75. The Kier molecular flexibility index (Phi) is 4.38. The maximum Gasteiger partial charge on any atom is 0.339 e. The van der Waals surface area contributed by atoms with Gasteiger partial charge in [-0.15, -0.1) is 0 Å². The lowest BCUT2D eigenvalue weighted by atomic mass is 10.2. The molecule has 0 aliphatic rings. The van der Waals surface area contributed by atoms with Gasteiger partial charge in [0.1, 0.15) is 11.3 Å². The number of rotatable bonds is 4. The molecule has 0 amide bonds. The first-order chi connectivity index (χ1) is 7.04. The summed E-state index contributed by atoms with van der Waals surface area (Å²) in [6, 6.07) is 5.16. The van der Waals surface area contributed by atoms with Gasteiger partial charge in [0.15, 0.2) is 0 Å². The van der Waals surface area contributed by atoms with Crippen LogP contribution in [0.15, 0.2) is 18.2 Å². The van der Waals surface area contributed by atoms with Crippen LogP contribution in [0.3, 0.4) is 0 Å². The Morgan fingerprint density at radius 3 is 2.80 bits per heavy atom. The minimum Gasteiger partial charge on any atom is -0.490 e. The zero-order valence-corrected chi connectivity index (χ0v) is 10.8. The standard InChI is InChI=1S/C11H13IO3/c1-3-7(2)15-10-5-4-8(12)6-9(10)11(13)14/h4-7H,3H2,1-2H3,(H,13,14). The van der Waals surface area contributed by atoms with Crippen molar-refractivity contribution >= 4 is 28.6 Å². The molecule has 0 aliphatic heterocycles. The fraction of sp³-hybridized carbons (Fsp3) is 0.364. The van der Waals surface area contributed by atoms with Gasteiger partial charge in [-0.2, -0.15) is 0 Å². The van der Waals surface area contributed by atoms with Gasteiger partial charge >= 0.3 is 5.97 Å². The number of halogens is 1. The molecule has 82 valence electrons. The van der Waals surface area contributed by atoms with E-state index in [1.165, 1.54) is 0 Å². The van der Waals surface area contributed by atoms with E-state index in [4.69, 9.17) is 9.84 Å². The number of carboxylic acids is 1. The summed E-state index contributed by atoms with van der Waals surface area (Å²) >= 11 is 2.08. The summed E-state index contributed by atoms with van der Waals surface area (Å²) in [5.74, 6) is -0.510. The van der Waals surface area contributed by atoms with E-state index < -0.39 is 5.97 Å². The number of ether oxygens (including phenoxy) is 1. The third kappa shape index (κ3) is 3.37. The second-order valence-electron chi connectivity index (χ2n) is 3.28. The number of hydrogen-bond donors (Lipinski definition) is 1. The van der Waals surface area contributed by atoms with Crippen molar-refractivity contribution in [3.05, 3.63) is 27.3 Å². The lowest BCUT2D eigenvalue weighted by Gasteiger charge is -2.14. The van der Waals surface area contributed by atoms with E-state index >= 15 is 0 Å². The average molecular weight is 320 g/mol. The maximum atomic E-state index is 11.0. The highest BCUT2D eigenvalue weighted by molar-refractivity contribution is 14.1. The molecule has 0 saturated carbocycles. The quantitative estimate of drug-likeness (QED) is 0.867. The molecule has 0 bridgehead atoms. The Bertz CT molecular complexity index is 363. The third-order valence-electron chi connectivity index (χ3n) is 2.08. The SMILES string of the molecule is CCC(C)Oc1ccc(I)cc1C(=O)O. The molecule has 1 aromatic rings. The van der Waals surface area contributed by atoms with Crippen molar-refractivity contribution < 1.29 is 14.6 Å². The molecule has 1 unspecified atom stereocenters. The van der Waals surface area contributed by atoms with Gasteiger partial charge in [0.2, 0.25) is 0 Å². The van der Waals surface area contributed by atoms with Crippen LogP contribution in [0.1, 0.15) is 30.6 Å². The first kappa shape index (κ1) is 12.3. The van der Waals surface area contributed by atoms with Gasteiger partial charge in [0, 0.05) is 3.57 Å². The highest BCUT2D eigenvalue weighted by atomic mass is 127. The highest BCUT2D eigenvalue weighted by Crippen LogP contribution is 2.22. The van der Waals surface area contributed by atoms with E-state index in [2.05, 4.69) is 22.6 Å². The normalized spacial score (nSPS) is 12.2. The van der Waals surface area contributed by atoms with Gasteiger partial charge < -0.3 is 9.84 Å². The molecule has 1 aromatic carbocycles. The van der Waals surface area contributed by atoms with Crippen molar-refractivity contribution in [3.8, 4) is 5.75 Å². The summed E-state index contributed by atoms with van der Waals surface area (Å²) in [7, 11) is 0. The molecule has 0 heterocycles. The summed E-state index contributed by atoms with van der Waals surface area (Å²) in [6.07, 6.45) is 0.883. The van der Waals surface area contributed by atoms with Crippen LogP contribution >= 0.6 is 22.6 Å². The predicted octanol–water partition coefficient (Wildman–Crippen LogP) is 3.17. The van der Waals surface area contributed by atoms with Gasteiger partial charge in [0.05, 0.1) is 6.10 Å². The Morgan fingerprint density at radius 1 is 1.60 bits per heavy atom. The smallest absolute Gasteiger partial charge is 0.339 e. The van der Waals surface area contributed by atoms with Crippen LogP contribution in [0.4, 0.5) is 0 Å². The van der Waals surface area contributed by atoms with Crippen LogP contribution in [0.5, 0.6) is 5.75 Å². The van der Waals surface area contributed by atoms with Crippen molar-refractivity contribution in [1.29, 1.82) is 0 Å². The molecule has 15 heavy (non-hydrogen) atoms. The Balaban J connectivity index is 3.01.